The topological polar surface area (TPSA) is 66.4 Å². The maximum atomic E-state index is 13.0. The van der Waals surface area contributed by atoms with Gasteiger partial charge in [-0.25, -0.2) is 4.79 Å². The Morgan fingerprint density at radius 1 is 1.04 bits per heavy atom. The van der Waals surface area contributed by atoms with Crippen LogP contribution in [0.5, 0.6) is 0 Å². The Labute approximate surface area is 142 Å². The maximum absolute atomic E-state index is 13.0. The molecule has 128 valence electrons. The van der Waals surface area contributed by atoms with Crippen LogP contribution in [0.3, 0.4) is 0 Å². The number of aliphatic carboxylic acids is 1. The van der Waals surface area contributed by atoms with E-state index in [2.05, 4.69) is 5.32 Å². The first-order chi connectivity index (χ1) is 11.5. The molecule has 0 heterocycles. The van der Waals surface area contributed by atoms with Crippen LogP contribution < -0.4 is 5.32 Å². The van der Waals surface area contributed by atoms with Crippen LogP contribution in [0.2, 0.25) is 0 Å². The van der Waals surface area contributed by atoms with Gasteiger partial charge >= 0.3 is 5.97 Å². The van der Waals surface area contributed by atoms with Crippen molar-refractivity contribution in [2.45, 2.75) is 51.0 Å². The van der Waals surface area contributed by atoms with Crippen LogP contribution in [0.25, 0.3) is 0 Å². The van der Waals surface area contributed by atoms with Gasteiger partial charge in [0.25, 0.3) is 0 Å². The van der Waals surface area contributed by atoms with Crippen LogP contribution in [-0.4, -0.2) is 23.0 Å². The maximum Gasteiger partial charge on any atom is 0.326 e. The highest BCUT2D eigenvalue weighted by molar-refractivity contribution is 5.88. The molecule has 1 aromatic rings. The third kappa shape index (κ3) is 2.83. The molecule has 2 N–H and O–H groups in total. The number of carboxylic acid groups (broad SMARTS) is 1. The second-order valence-corrected chi connectivity index (χ2v) is 8.25. The summed E-state index contributed by atoms with van der Waals surface area (Å²) >= 11 is 0. The van der Waals surface area contributed by atoms with Crippen molar-refractivity contribution in [1.29, 1.82) is 0 Å². The quantitative estimate of drug-likeness (QED) is 0.873. The fourth-order valence-electron chi connectivity index (χ4n) is 5.75. The molecular formula is C20H25NO3. The Kier molecular flexibility index (Phi) is 3.86. The molecule has 24 heavy (non-hydrogen) atoms. The van der Waals surface area contributed by atoms with E-state index in [-0.39, 0.29) is 11.3 Å². The van der Waals surface area contributed by atoms with E-state index in [0.717, 1.165) is 24.8 Å². The number of carbonyl (C=O) groups is 2. The summed E-state index contributed by atoms with van der Waals surface area (Å²) < 4.78 is 0. The number of carbonyl (C=O) groups excluding carboxylic acids is 1. The zero-order chi connectivity index (χ0) is 16.7. The molecule has 4 nitrogen and oxygen atoms in total. The minimum Gasteiger partial charge on any atom is -0.480 e. The average Bonchev–Trinajstić information content (AvgIpc) is 2.53. The highest BCUT2D eigenvalue weighted by Crippen LogP contribution is 2.60. The smallest absolute Gasteiger partial charge is 0.326 e. The van der Waals surface area contributed by atoms with Gasteiger partial charge in [0.15, 0.2) is 0 Å². The van der Waals surface area contributed by atoms with Crippen LogP contribution in [0, 0.1) is 23.2 Å². The molecule has 0 aliphatic heterocycles. The van der Waals surface area contributed by atoms with Gasteiger partial charge < -0.3 is 10.4 Å². The van der Waals surface area contributed by atoms with Crippen molar-refractivity contribution in [3.8, 4) is 0 Å². The Hall–Kier alpha value is -1.84. The summed E-state index contributed by atoms with van der Waals surface area (Å²) in [6.45, 7) is 0. The van der Waals surface area contributed by atoms with Gasteiger partial charge in [-0.15, -0.1) is 0 Å². The number of amides is 1. The summed E-state index contributed by atoms with van der Waals surface area (Å²) in [5, 5.41) is 12.4. The Morgan fingerprint density at radius 3 is 2.08 bits per heavy atom. The molecule has 5 rings (SSSR count). The van der Waals surface area contributed by atoms with Crippen molar-refractivity contribution in [3.05, 3.63) is 35.9 Å². The largest absolute Gasteiger partial charge is 0.480 e. The summed E-state index contributed by atoms with van der Waals surface area (Å²) in [5.41, 5.74) is 0.648. The molecule has 4 heteroatoms. The van der Waals surface area contributed by atoms with E-state index in [1.165, 1.54) is 19.3 Å². The van der Waals surface area contributed by atoms with Crippen molar-refractivity contribution < 1.29 is 14.7 Å². The van der Waals surface area contributed by atoms with Gasteiger partial charge in [-0.3, -0.25) is 4.79 Å². The first-order valence-corrected chi connectivity index (χ1v) is 9.12. The second kappa shape index (κ2) is 5.91. The number of rotatable bonds is 5. The summed E-state index contributed by atoms with van der Waals surface area (Å²) in [5.74, 6) is 1.08. The molecule has 4 bridgehead atoms. The molecule has 4 fully saturated rings. The van der Waals surface area contributed by atoms with Gasteiger partial charge in [-0.05, 0) is 61.8 Å². The number of benzene rings is 1. The molecule has 4 aliphatic carbocycles. The first kappa shape index (κ1) is 15.7. The molecule has 4 saturated carbocycles. The van der Waals surface area contributed by atoms with E-state index < -0.39 is 12.0 Å². The minimum absolute atomic E-state index is 0.00932. The lowest BCUT2D eigenvalue weighted by Crippen LogP contribution is -2.56. The standard InChI is InChI=1S/C20H25NO3/c22-18(23)17(9-13-4-2-1-3-5-13)21-19(24)20-10-14-6-15(11-20)8-16(7-14)12-20/h1-5,14-17H,6-12H2,(H,21,24)(H,22,23)/t14?,15?,16?,17-,20?/m1/s1. The van der Waals surface area contributed by atoms with E-state index in [4.69, 9.17) is 0 Å². The molecule has 1 aromatic carbocycles. The SMILES string of the molecule is O=C(O)[C@@H](Cc1ccccc1)NC(=O)C12CC3CC(CC(C3)C1)C2. The van der Waals surface area contributed by atoms with Crippen LogP contribution >= 0.6 is 0 Å². The van der Waals surface area contributed by atoms with Gasteiger partial charge in [0.2, 0.25) is 5.91 Å². The molecule has 0 saturated heterocycles. The molecule has 0 radical (unpaired) electrons. The number of hydrogen-bond donors (Lipinski definition) is 2. The number of hydrogen-bond acceptors (Lipinski definition) is 2. The van der Waals surface area contributed by atoms with Gasteiger partial charge in [0.1, 0.15) is 6.04 Å². The summed E-state index contributed by atoms with van der Waals surface area (Å²) in [6, 6.07) is 8.69. The van der Waals surface area contributed by atoms with Crippen molar-refractivity contribution in [2.75, 3.05) is 0 Å². The van der Waals surface area contributed by atoms with Crippen molar-refractivity contribution in [1.82, 2.24) is 5.32 Å². The van der Waals surface area contributed by atoms with Crippen LogP contribution in [-0.2, 0) is 16.0 Å². The number of carboxylic acids is 1. The van der Waals surface area contributed by atoms with E-state index in [9.17, 15) is 14.7 Å². The molecule has 0 aromatic heterocycles. The molecule has 0 spiro atoms. The van der Waals surface area contributed by atoms with Crippen molar-refractivity contribution in [3.63, 3.8) is 0 Å². The van der Waals surface area contributed by atoms with Crippen LogP contribution in [0.4, 0.5) is 0 Å². The fourth-order valence-corrected chi connectivity index (χ4v) is 5.75. The predicted molar refractivity (Wildman–Crippen MR) is 90.3 cm³/mol. The zero-order valence-corrected chi connectivity index (χ0v) is 13.9. The van der Waals surface area contributed by atoms with Gasteiger partial charge in [-0.1, -0.05) is 30.3 Å². The first-order valence-electron chi connectivity index (χ1n) is 9.12. The van der Waals surface area contributed by atoms with Crippen LogP contribution in [0.1, 0.15) is 44.1 Å². The summed E-state index contributed by atoms with van der Waals surface area (Å²) in [7, 11) is 0. The average molecular weight is 327 g/mol. The summed E-state index contributed by atoms with van der Waals surface area (Å²) in [4.78, 5) is 24.7. The molecule has 4 aliphatic rings. The third-order valence-electron chi connectivity index (χ3n) is 6.41. The number of nitrogens with one attached hydrogen (secondary N) is 1. The highest BCUT2D eigenvalue weighted by atomic mass is 16.4. The van der Waals surface area contributed by atoms with E-state index in [1.807, 2.05) is 30.3 Å². The Balaban J connectivity index is 1.48. The van der Waals surface area contributed by atoms with E-state index in [0.29, 0.717) is 24.2 Å². The lowest BCUT2D eigenvalue weighted by molar-refractivity contribution is -0.151. The molecule has 1 atom stereocenters. The molecule has 0 unspecified atom stereocenters. The van der Waals surface area contributed by atoms with Gasteiger partial charge in [-0.2, -0.15) is 0 Å². The minimum atomic E-state index is -0.947. The fraction of sp³-hybridized carbons (Fsp3) is 0.600. The van der Waals surface area contributed by atoms with Crippen molar-refractivity contribution >= 4 is 11.9 Å². The van der Waals surface area contributed by atoms with Gasteiger partial charge in [0, 0.05) is 11.8 Å². The summed E-state index contributed by atoms with van der Waals surface area (Å²) in [6.07, 6.45) is 7.05. The van der Waals surface area contributed by atoms with Crippen molar-refractivity contribution in [2.24, 2.45) is 23.2 Å². The lowest BCUT2D eigenvalue weighted by Gasteiger charge is -2.55. The lowest BCUT2D eigenvalue weighted by atomic mass is 9.49. The molecular weight excluding hydrogens is 302 g/mol. The van der Waals surface area contributed by atoms with E-state index in [1.54, 1.807) is 0 Å². The third-order valence-corrected chi connectivity index (χ3v) is 6.41. The van der Waals surface area contributed by atoms with Gasteiger partial charge in [0.05, 0.1) is 0 Å². The normalized spacial score (nSPS) is 34.8. The van der Waals surface area contributed by atoms with Crippen LogP contribution in [0.15, 0.2) is 30.3 Å². The second-order valence-electron chi connectivity index (χ2n) is 8.25. The zero-order valence-electron chi connectivity index (χ0n) is 13.9. The Morgan fingerprint density at radius 2 is 1.58 bits per heavy atom. The monoisotopic (exact) mass is 327 g/mol. The van der Waals surface area contributed by atoms with E-state index >= 15 is 0 Å². The molecule has 1 amide bonds. The predicted octanol–water partition coefficient (Wildman–Crippen LogP) is 3.01. The highest BCUT2D eigenvalue weighted by Gasteiger charge is 2.54. The Bertz CT molecular complexity index is 604.